The van der Waals surface area contributed by atoms with E-state index in [9.17, 15) is 0 Å². The fraction of sp³-hybridized carbons (Fsp3) is 0.478. The molecule has 0 radical (unpaired) electrons. The van der Waals surface area contributed by atoms with Crippen LogP contribution < -0.4 is 15.4 Å². The summed E-state index contributed by atoms with van der Waals surface area (Å²) in [5.41, 5.74) is 2.45. The van der Waals surface area contributed by atoms with Crippen LogP contribution in [0.3, 0.4) is 0 Å². The zero-order valence-electron chi connectivity index (χ0n) is 17.1. The molecule has 1 aromatic carbocycles. The number of guanidine groups is 1. The Hall–Kier alpha value is -2.56. The minimum Gasteiger partial charge on any atom is -0.496 e. The second-order valence-corrected chi connectivity index (χ2v) is 7.38. The summed E-state index contributed by atoms with van der Waals surface area (Å²) >= 11 is 0. The molecule has 1 aliphatic carbocycles. The molecule has 0 atom stereocenters. The van der Waals surface area contributed by atoms with Gasteiger partial charge >= 0.3 is 0 Å². The fourth-order valence-corrected chi connectivity index (χ4v) is 4.07. The number of nitrogens with zero attached hydrogens (tertiary/aromatic N) is 2. The molecule has 3 rings (SSSR count). The van der Waals surface area contributed by atoms with Crippen molar-refractivity contribution in [1.29, 1.82) is 0 Å². The summed E-state index contributed by atoms with van der Waals surface area (Å²) in [6.07, 6.45) is 7.53. The van der Waals surface area contributed by atoms with Crippen molar-refractivity contribution < 1.29 is 4.74 Å². The average molecular weight is 381 g/mol. The highest BCUT2D eigenvalue weighted by atomic mass is 16.5. The lowest BCUT2D eigenvalue weighted by Crippen LogP contribution is -2.40. The highest BCUT2D eigenvalue weighted by Crippen LogP contribution is 2.44. The van der Waals surface area contributed by atoms with Crippen LogP contribution in [0.25, 0.3) is 0 Å². The molecule has 1 aliphatic rings. The predicted octanol–water partition coefficient (Wildman–Crippen LogP) is 3.70. The normalized spacial score (nSPS) is 16.0. The molecule has 1 heterocycles. The van der Waals surface area contributed by atoms with Crippen molar-refractivity contribution in [1.82, 2.24) is 15.6 Å². The van der Waals surface area contributed by atoms with E-state index in [0.29, 0.717) is 0 Å². The Morgan fingerprint density at radius 1 is 1.11 bits per heavy atom. The van der Waals surface area contributed by atoms with Crippen molar-refractivity contribution >= 4 is 5.96 Å². The molecule has 0 unspecified atom stereocenters. The third-order valence-electron chi connectivity index (χ3n) is 5.52. The average Bonchev–Trinajstić information content (AvgIpc) is 3.23. The van der Waals surface area contributed by atoms with Gasteiger partial charge in [0.2, 0.25) is 0 Å². The summed E-state index contributed by atoms with van der Waals surface area (Å²) < 4.78 is 5.66. The molecule has 5 nitrogen and oxygen atoms in total. The van der Waals surface area contributed by atoms with Crippen LogP contribution in [0.5, 0.6) is 5.75 Å². The van der Waals surface area contributed by atoms with Crippen LogP contribution in [-0.4, -0.2) is 37.7 Å². The predicted molar refractivity (Wildman–Crippen MR) is 115 cm³/mol. The van der Waals surface area contributed by atoms with Crippen molar-refractivity contribution in [2.45, 2.75) is 44.4 Å². The summed E-state index contributed by atoms with van der Waals surface area (Å²) in [6.45, 7) is 4.52. The van der Waals surface area contributed by atoms with Crippen molar-refractivity contribution in [2.24, 2.45) is 4.99 Å². The first-order valence-corrected chi connectivity index (χ1v) is 10.3. The number of aliphatic imine (C=N–C) groups is 1. The lowest BCUT2D eigenvalue weighted by atomic mass is 9.78. The van der Waals surface area contributed by atoms with Crippen LogP contribution in [0, 0.1) is 0 Å². The molecule has 1 aromatic heterocycles. The van der Waals surface area contributed by atoms with E-state index in [-0.39, 0.29) is 5.41 Å². The second-order valence-electron chi connectivity index (χ2n) is 7.38. The molecule has 0 saturated heterocycles. The van der Waals surface area contributed by atoms with Gasteiger partial charge in [-0.05, 0) is 38.0 Å². The maximum absolute atomic E-state index is 5.66. The molecule has 1 fully saturated rings. The van der Waals surface area contributed by atoms with Crippen molar-refractivity contribution in [3.8, 4) is 5.75 Å². The number of hydrogen-bond donors (Lipinski definition) is 2. The highest BCUT2D eigenvalue weighted by molar-refractivity contribution is 5.79. The number of benzene rings is 1. The Kier molecular flexibility index (Phi) is 7.29. The number of ether oxygens (including phenoxy) is 1. The first-order valence-electron chi connectivity index (χ1n) is 10.3. The van der Waals surface area contributed by atoms with Gasteiger partial charge in [-0.25, -0.2) is 0 Å². The Morgan fingerprint density at radius 3 is 2.61 bits per heavy atom. The smallest absolute Gasteiger partial charge is 0.191 e. The molecule has 0 aliphatic heterocycles. The van der Waals surface area contributed by atoms with E-state index < -0.39 is 0 Å². The molecule has 0 amide bonds. The summed E-state index contributed by atoms with van der Waals surface area (Å²) in [7, 11) is 1.76. The van der Waals surface area contributed by atoms with Crippen LogP contribution in [0.2, 0.25) is 0 Å². The van der Waals surface area contributed by atoms with E-state index in [1.165, 1.54) is 18.4 Å². The minimum atomic E-state index is 0.0654. The van der Waals surface area contributed by atoms with Gasteiger partial charge in [-0.3, -0.25) is 9.98 Å². The molecule has 28 heavy (non-hydrogen) atoms. The summed E-state index contributed by atoms with van der Waals surface area (Å²) in [6, 6.07) is 14.5. The maximum atomic E-state index is 5.66. The van der Waals surface area contributed by atoms with Gasteiger partial charge in [0.15, 0.2) is 5.96 Å². The molecule has 0 spiro atoms. The number of rotatable bonds is 8. The number of methoxy groups -OCH3 is 1. The summed E-state index contributed by atoms with van der Waals surface area (Å²) in [5.74, 6) is 1.85. The number of pyridine rings is 1. The highest BCUT2D eigenvalue weighted by Gasteiger charge is 2.37. The van der Waals surface area contributed by atoms with Crippen LogP contribution >= 0.6 is 0 Å². The van der Waals surface area contributed by atoms with Crippen LogP contribution in [0.15, 0.2) is 53.7 Å². The SMILES string of the molecule is CCNC(=NCC1(c2ccccc2OC)CCCC1)NCCc1ccccn1. The fourth-order valence-electron chi connectivity index (χ4n) is 4.07. The van der Waals surface area contributed by atoms with Crippen molar-refractivity contribution in [3.05, 3.63) is 59.9 Å². The van der Waals surface area contributed by atoms with Gasteiger partial charge in [0.05, 0.1) is 13.7 Å². The van der Waals surface area contributed by atoms with Crippen LogP contribution in [-0.2, 0) is 11.8 Å². The molecule has 0 bridgehead atoms. The molecule has 150 valence electrons. The third-order valence-corrected chi connectivity index (χ3v) is 5.52. The monoisotopic (exact) mass is 380 g/mol. The number of aromatic nitrogens is 1. The van der Waals surface area contributed by atoms with E-state index in [4.69, 9.17) is 9.73 Å². The largest absolute Gasteiger partial charge is 0.496 e. The van der Waals surface area contributed by atoms with Gasteiger partial charge in [0.25, 0.3) is 0 Å². The summed E-state index contributed by atoms with van der Waals surface area (Å²) in [5, 5.41) is 6.84. The Labute approximate surface area is 168 Å². The van der Waals surface area contributed by atoms with Crippen molar-refractivity contribution in [3.63, 3.8) is 0 Å². The quantitative estimate of drug-likeness (QED) is 0.542. The van der Waals surface area contributed by atoms with Crippen LogP contribution in [0.1, 0.15) is 43.9 Å². The van der Waals surface area contributed by atoms with E-state index in [1.807, 2.05) is 24.4 Å². The number of nitrogens with one attached hydrogen (secondary N) is 2. The maximum Gasteiger partial charge on any atom is 0.191 e. The van der Waals surface area contributed by atoms with Gasteiger partial charge in [-0.1, -0.05) is 37.1 Å². The molecule has 5 heteroatoms. The van der Waals surface area contributed by atoms with Gasteiger partial charge in [-0.2, -0.15) is 0 Å². The Balaban J connectivity index is 1.70. The summed E-state index contributed by atoms with van der Waals surface area (Å²) in [4.78, 5) is 9.36. The molecule has 1 saturated carbocycles. The lowest BCUT2D eigenvalue weighted by molar-refractivity contribution is 0.378. The topological polar surface area (TPSA) is 58.5 Å². The van der Waals surface area contributed by atoms with Gasteiger partial charge in [0, 0.05) is 42.4 Å². The second kappa shape index (κ2) is 10.1. The lowest BCUT2D eigenvalue weighted by Gasteiger charge is -2.30. The van der Waals surface area contributed by atoms with E-state index in [1.54, 1.807) is 7.11 Å². The van der Waals surface area contributed by atoms with E-state index in [0.717, 1.165) is 56.3 Å². The Morgan fingerprint density at radius 2 is 1.89 bits per heavy atom. The van der Waals surface area contributed by atoms with Crippen LogP contribution in [0.4, 0.5) is 0 Å². The number of hydrogen-bond acceptors (Lipinski definition) is 3. The van der Waals surface area contributed by atoms with Crippen molar-refractivity contribution in [2.75, 3.05) is 26.7 Å². The number of para-hydroxylation sites is 1. The van der Waals surface area contributed by atoms with Gasteiger partial charge in [-0.15, -0.1) is 0 Å². The first kappa shape index (κ1) is 20.2. The molecule has 2 aromatic rings. The minimum absolute atomic E-state index is 0.0654. The molecular formula is C23H32N4O. The van der Waals surface area contributed by atoms with Gasteiger partial charge < -0.3 is 15.4 Å². The molecular weight excluding hydrogens is 348 g/mol. The van der Waals surface area contributed by atoms with Gasteiger partial charge in [0.1, 0.15) is 5.75 Å². The van der Waals surface area contributed by atoms with E-state index in [2.05, 4.69) is 46.8 Å². The molecule has 2 N–H and O–H groups in total. The Bertz CT molecular complexity index is 754. The zero-order valence-corrected chi connectivity index (χ0v) is 17.1. The third kappa shape index (κ3) is 5.03. The van der Waals surface area contributed by atoms with E-state index >= 15 is 0 Å². The first-order chi connectivity index (χ1) is 13.8. The zero-order chi connectivity index (χ0) is 19.7. The standard InChI is InChI=1S/C23H32N4O/c1-3-24-22(26-17-13-19-10-6-9-16-25-19)27-18-23(14-7-8-15-23)20-11-4-5-12-21(20)28-2/h4-6,9-12,16H,3,7-8,13-15,17-18H2,1-2H3,(H2,24,26,27).